The molecule has 0 amide bonds. The molecule has 0 radical (unpaired) electrons. The fraction of sp³-hybridized carbons (Fsp3) is 0.278. The van der Waals surface area contributed by atoms with E-state index in [-0.39, 0.29) is 17.9 Å². The maximum absolute atomic E-state index is 12.8. The molecule has 0 aromatic heterocycles. The summed E-state index contributed by atoms with van der Waals surface area (Å²) in [4.78, 5) is 10.7. The van der Waals surface area contributed by atoms with E-state index in [4.69, 9.17) is 9.84 Å². The highest BCUT2D eigenvalue weighted by Crippen LogP contribution is 2.25. The Bertz CT molecular complexity index is 860. The number of nitrogens with zero attached hydrogens (tertiary/aromatic N) is 1. The second-order valence-corrected chi connectivity index (χ2v) is 7.67. The number of carbonyl (C=O) groups is 1. The van der Waals surface area contributed by atoms with Crippen molar-refractivity contribution >= 4 is 21.7 Å². The summed E-state index contributed by atoms with van der Waals surface area (Å²) in [5, 5.41) is 8.59. The average Bonchev–Trinajstić information content (AvgIpc) is 2.57. The van der Waals surface area contributed by atoms with Crippen molar-refractivity contribution in [2.45, 2.75) is 25.2 Å². The lowest BCUT2D eigenvalue weighted by atomic mass is 10.1. The molecule has 0 aliphatic rings. The van der Waals surface area contributed by atoms with E-state index >= 15 is 0 Å². The third-order valence-electron chi connectivity index (χ3n) is 3.92. The van der Waals surface area contributed by atoms with Gasteiger partial charge in [0.25, 0.3) is 10.0 Å². The van der Waals surface area contributed by atoms with Crippen LogP contribution in [0, 0.1) is 13.8 Å². The molecule has 0 heterocycles. The number of hydrogen-bond acceptors (Lipinski definition) is 4. The quantitative estimate of drug-likeness (QED) is 0.817. The number of ether oxygens (including phenoxy) is 1. The predicted molar refractivity (Wildman–Crippen MR) is 95.7 cm³/mol. The van der Waals surface area contributed by atoms with Crippen LogP contribution in [-0.2, 0) is 14.8 Å². The maximum Gasteiger partial charge on any atom is 0.306 e. The third-order valence-corrected chi connectivity index (χ3v) is 5.70. The summed E-state index contributed by atoms with van der Waals surface area (Å²) in [5.74, 6) is -0.446. The van der Waals surface area contributed by atoms with Gasteiger partial charge in [-0.25, -0.2) is 8.42 Å². The Morgan fingerprint density at radius 2 is 1.72 bits per heavy atom. The Hall–Kier alpha value is -2.54. The summed E-state index contributed by atoms with van der Waals surface area (Å²) in [5.41, 5.74) is 2.44. The monoisotopic (exact) mass is 363 g/mol. The Morgan fingerprint density at radius 3 is 2.28 bits per heavy atom. The molecule has 0 unspecified atom stereocenters. The van der Waals surface area contributed by atoms with Crippen LogP contribution in [0.3, 0.4) is 0 Å². The molecule has 1 N–H and O–H groups in total. The van der Waals surface area contributed by atoms with Gasteiger partial charge in [-0.2, -0.15) is 0 Å². The van der Waals surface area contributed by atoms with E-state index in [2.05, 4.69) is 0 Å². The molecule has 6 nitrogen and oxygen atoms in total. The second kappa shape index (κ2) is 7.57. The molecule has 0 aliphatic heterocycles. The zero-order valence-corrected chi connectivity index (χ0v) is 15.2. The minimum Gasteiger partial charge on any atom is -0.493 e. The molecule has 2 aromatic carbocycles. The molecular weight excluding hydrogens is 342 g/mol. The molecule has 2 rings (SSSR count). The van der Waals surface area contributed by atoms with Crippen LogP contribution in [0.2, 0.25) is 0 Å². The average molecular weight is 363 g/mol. The summed E-state index contributed by atoms with van der Waals surface area (Å²) in [6.07, 6.45) is -0.0944. The fourth-order valence-electron chi connectivity index (χ4n) is 2.18. The number of aliphatic carboxylic acids is 1. The molecule has 0 fully saturated rings. The minimum atomic E-state index is -3.66. The molecule has 134 valence electrons. The normalized spacial score (nSPS) is 11.2. The number of rotatable bonds is 7. The van der Waals surface area contributed by atoms with E-state index in [1.807, 2.05) is 13.8 Å². The SMILES string of the molecule is Cc1ccc(S(=O)(=O)N(C)c2ccc(OCCC(=O)O)cc2)cc1C. The number of benzene rings is 2. The minimum absolute atomic E-state index is 0.0610. The molecule has 0 spiro atoms. The highest BCUT2D eigenvalue weighted by molar-refractivity contribution is 7.92. The number of sulfonamides is 1. The third kappa shape index (κ3) is 4.51. The first-order chi connectivity index (χ1) is 11.7. The zero-order chi connectivity index (χ0) is 18.6. The van der Waals surface area contributed by atoms with Crippen LogP contribution in [0.25, 0.3) is 0 Å². The fourth-order valence-corrected chi connectivity index (χ4v) is 3.46. The van der Waals surface area contributed by atoms with Crippen LogP contribution >= 0.6 is 0 Å². The van der Waals surface area contributed by atoms with E-state index in [9.17, 15) is 13.2 Å². The van der Waals surface area contributed by atoms with Gasteiger partial charge in [-0.05, 0) is 61.4 Å². The summed E-state index contributed by atoms with van der Waals surface area (Å²) < 4.78 is 32.0. The van der Waals surface area contributed by atoms with Crippen LogP contribution in [0.15, 0.2) is 47.4 Å². The van der Waals surface area contributed by atoms with Gasteiger partial charge in [0.05, 0.1) is 23.6 Å². The smallest absolute Gasteiger partial charge is 0.306 e. The first kappa shape index (κ1) is 18.8. The van der Waals surface area contributed by atoms with Crippen molar-refractivity contribution in [2.24, 2.45) is 0 Å². The lowest BCUT2D eigenvalue weighted by molar-refractivity contribution is -0.137. The molecule has 0 saturated carbocycles. The van der Waals surface area contributed by atoms with E-state index in [1.54, 1.807) is 42.5 Å². The molecule has 0 saturated heterocycles. The zero-order valence-electron chi connectivity index (χ0n) is 14.4. The Labute approximate surface area is 147 Å². The number of carboxylic acid groups (broad SMARTS) is 1. The van der Waals surface area contributed by atoms with Crippen LogP contribution in [0.1, 0.15) is 17.5 Å². The Balaban J connectivity index is 2.17. The standard InChI is InChI=1S/C18H21NO5S/c1-13-4-9-17(12-14(13)2)25(22,23)19(3)15-5-7-16(8-6-15)24-11-10-18(20)21/h4-9,12H,10-11H2,1-3H3,(H,20,21). The summed E-state index contributed by atoms with van der Waals surface area (Å²) in [6, 6.07) is 11.5. The van der Waals surface area contributed by atoms with Gasteiger partial charge in [-0.15, -0.1) is 0 Å². The highest BCUT2D eigenvalue weighted by Gasteiger charge is 2.21. The van der Waals surface area contributed by atoms with Crippen molar-refractivity contribution in [3.63, 3.8) is 0 Å². The highest BCUT2D eigenvalue weighted by atomic mass is 32.2. The van der Waals surface area contributed by atoms with Crippen molar-refractivity contribution in [2.75, 3.05) is 18.0 Å². The van der Waals surface area contributed by atoms with E-state index < -0.39 is 16.0 Å². The van der Waals surface area contributed by atoms with Gasteiger partial charge in [-0.3, -0.25) is 9.10 Å². The number of aryl methyl sites for hydroxylation is 2. The van der Waals surface area contributed by atoms with Gasteiger partial charge in [0.2, 0.25) is 0 Å². The van der Waals surface area contributed by atoms with Crippen molar-refractivity contribution in [3.05, 3.63) is 53.6 Å². The van der Waals surface area contributed by atoms with Gasteiger partial charge >= 0.3 is 5.97 Å². The number of carboxylic acids is 1. The van der Waals surface area contributed by atoms with Crippen LogP contribution in [0.5, 0.6) is 5.75 Å². The molecule has 25 heavy (non-hydrogen) atoms. The summed E-state index contributed by atoms with van der Waals surface area (Å²) >= 11 is 0. The summed E-state index contributed by atoms with van der Waals surface area (Å²) in [7, 11) is -2.17. The van der Waals surface area contributed by atoms with Gasteiger partial charge in [0.15, 0.2) is 0 Å². The maximum atomic E-state index is 12.8. The van der Waals surface area contributed by atoms with Gasteiger partial charge in [-0.1, -0.05) is 6.07 Å². The molecule has 2 aromatic rings. The largest absolute Gasteiger partial charge is 0.493 e. The first-order valence-corrected chi connectivity index (χ1v) is 9.16. The van der Waals surface area contributed by atoms with Crippen LogP contribution in [-0.4, -0.2) is 33.1 Å². The van der Waals surface area contributed by atoms with Crippen LogP contribution < -0.4 is 9.04 Å². The van der Waals surface area contributed by atoms with E-state index in [1.165, 1.54) is 11.4 Å². The molecule has 7 heteroatoms. The lowest BCUT2D eigenvalue weighted by Crippen LogP contribution is -2.26. The first-order valence-electron chi connectivity index (χ1n) is 7.72. The molecule has 0 aliphatic carbocycles. The topological polar surface area (TPSA) is 83.9 Å². The van der Waals surface area contributed by atoms with Gasteiger partial charge in [0, 0.05) is 7.05 Å². The van der Waals surface area contributed by atoms with Gasteiger partial charge < -0.3 is 9.84 Å². The molecule has 0 bridgehead atoms. The Morgan fingerprint density at radius 1 is 1.08 bits per heavy atom. The van der Waals surface area contributed by atoms with Crippen LogP contribution in [0.4, 0.5) is 5.69 Å². The van der Waals surface area contributed by atoms with Crippen molar-refractivity contribution in [3.8, 4) is 5.75 Å². The van der Waals surface area contributed by atoms with Crippen molar-refractivity contribution < 1.29 is 23.1 Å². The second-order valence-electron chi connectivity index (χ2n) is 5.70. The van der Waals surface area contributed by atoms with E-state index in [0.717, 1.165) is 11.1 Å². The van der Waals surface area contributed by atoms with Gasteiger partial charge in [0.1, 0.15) is 5.75 Å². The van der Waals surface area contributed by atoms with Crippen molar-refractivity contribution in [1.82, 2.24) is 0 Å². The Kier molecular flexibility index (Phi) is 5.69. The lowest BCUT2D eigenvalue weighted by Gasteiger charge is -2.20. The molecule has 0 atom stereocenters. The molecular formula is C18H21NO5S. The number of anilines is 1. The predicted octanol–water partition coefficient (Wildman–Crippen LogP) is 2.98. The summed E-state index contributed by atoms with van der Waals surface area (Å²) in [6.45, 7) is 3.86. The van der Waals surface area contributed by atoms with E-state index in [0.29, 0.717) is 11.4 Å². The van der Waals surface area contributed by atoms with Crippen molar-refractivity contribution in [1.29, 1.82) is 0 Å². The number of hydrogen-bond donors (Lipinski definition) is 1.